The number of aromatic carboxylic acids is 1. The number of hydrogen-bond donors (Lipinski definition) is 4. The van der Waals surface area contributed by atoms with Crippen LogP contribution in [0, 0.1) is 0 Å². The number of aliphatic hydroxyl groups is 1. The molecule has 1 amide bonds. The summed E-state index contributed by atoms with van der Waals surface area (Å²) in [4.78, 5) is 23.0. The van der Waals surface area contributed by atoms with Gasteiger partial charge < -0.3 is 20.6 Å². The number of carbonyl (C=O) groups excluding carboxylic acids is 1. The number of carboxylic acids is 1. The van der Waals surface area contributed by atoms with Crippen molar-refractivity contribution in [3.8, 4) is 5.75 Å². The Balaban J connectivity index is 2.12. The minimum absolute atomic E-state index is 0.00134. The molecule has 0 saturated carbocycles. The number of aliphatic hydroxyl groups excluding tert-OH is 1. The fourth-order valence-electron chi connectivity index (χ4n) is 1.96. The maximum Gasteiger partial charge on any atom is 0.337 e. The first kappa shape index (κ1) is 16.3. The molecule has 0 spiro atoms. The second-order valence-electron chi connectivity index (χ2n) is 4.72. The average Bonchev–Trinajstić information content (AvgIpc) is 2.54. The van der Waals surface area contributed by atoms with Gasteiger partial charge in [0.25, 0.3) is 0 Å². The number of benzene rings is 2. The molecule has 6 nitrogen and oxygen atoms in total. The quantitative estimate of drug-likeness (QED) is 0.633. The minimum Gasteiger partial charge on any atom is -0.508 e. The molecule has 4 N–H and O–H groups in total. The third-order valence-corrected chi connectivity index (χ3v) is 3.12. The summed E-state index contributed by atoms with van der Waals surface area (Å²) in [6.07, 6.45) is 2.74. The van der Waals surface area contributed by atoms with Gasteiger partial charge >= 0.3 is 5.97 Å². The highest BCUT2D eigenvalue weighted by Crippen LogP contribution is 2.19. The summed E-state index contributed by atoms with van der Waals surface area (Å²) in [7, 11) is 0. The zero-order valence-electron chi connectivity index (χ0n) is 12.1. The van der Waals surface area contributed by atoms with Crippen molar-refractivity contribution in [1.29, 1.82) is 0 Å². The van der Waals surface area contributed by atoms with Gasteiger partial charge in [0, 0.05) is 11.6 Å². The summed E-state index contributed by atoms with van der Waals surface area (Å²) in [5.41, 5.74) is 1.18. The predicted octanol–water partition coefficient (Wildman–Crippen LogP) is 2.23. The third-order valence-electron chi connectivity index (χ3n) is 3.12. The molecule has 0 aliphatic rings. The van der Waals surface area contributed by atoms with E-state index in [4.69, 9.17) is 10.2 Å². The van der Waals surface area contributed by atoms with E-state index in [2.05, 4.69) is 5.32 Å². The Morgan fingerprint density at radius 3 is 2.57 bits per heavy atom. The lowest BCUT2D eigenvalue weighted by Crippen LogP contribution is -2.11. The molecule has 2 rings (SSSR count). The van der Waals surface area contributed by atoms with Crippen molar-refractivity contribution in [1.82, 2.24) is 0 Å². The van der Waals surface area contributed by atoms with Gasteiger partial charge in [0.1, 0.15) is 5.75 Å². The van der Waals surface area contributed by atoms with Crippen LogP contribution >= 0.6 is 0 Å². The van der Waals surface area contributed by atoms with Gasteiger partial charge in [0.05, 0.1) is 17.9 Å². The highest BCUT2D eigenvalue weighted by atomic mass is 16.4. The largest absolute Gasteiger partial charge is 0.508 e. The first-order chi connectivity index (χ1) is 11.0. The van der Waals surface area contributed by atoms with Crippen LogP contribution in [0.1, 0.15) is 21.5 Å². The second kappa shape index (κ2) is 7.24. The molecule has 0 heterocycles. The Morgan fingerprint density at radius 2 is 1.87 bits per heavy atom. The Kier molecular flexibility index (Phi) is 5.11. The number of para-hydroxylation sites is 1. The Hall–Kier alpha value is -3.12. The number of aromatic hydroxyl groups is 1. The molecule has 6 heteroatoms. The first-order valence-electron chi connectivity index (χ1n) is 6.75. The van der Waals surface area contributed by atoms with E-state index in [-0.39, 0.29) is 23.6 Å². The summed E-state index contributed by atoms with van der Waals surface area (Å²) in [5.74, 6) is -1.64. The monoisotopic (exact) mass is 313 g/mol. The molecule has 2 aromatic carbocycles. The number of hydrogen-bond acceptors (Lipinski definition) is 4. The van der Waals surface area contributed by atoms with Gasteiger partial charge in [-0.05, 0) is 35.9 Å². The van der Waals surface area contributed by atoms with Crippen LogP contribution in [-0.2, 0) is 11.4 Å². The fraction of sp³-hybridized carbons (Fsp3) is 0.0588. The van der Waals surface area contributed by atoms with E-state index in [9.17, 15) is 14.7 Å². The smallest absolute Gasteiger partial charge is 0.337 e. The van der Waals surface area contributed by atoms with Gasteiger partial charge in [0.2, 0.25) is 5.91 Å². The normalized spacial score (nSPS) is 10.7. The van der Waals surface area contributed by atoms with Crippen LogP contribution in [0.2, 0.25) is 0 Å². The van der Waals surface area contributed by atoms with Gasteiger partial charge in [-0.2, -0.15) is 0 Å². The molecule has 0 aromatic heterocycles. The number of carbonyl (C=O) groups is 2. The number of carboxylic acid groups (broad SMARTS) is 1. The van der Waals surface area contributed by atoms with Crippen molar-refractivity contribution in [3.63, 3.8) is 0 Å². The molecule has 0 bridgehead atoms. The SMILES string of the molecule is O=C(C=Cc1ccc(O)c(CO)c1)Nc1ccccc1C(=O)O. The minimum atomic E-state index is -1.13. The van der Waals surface area contributed by atoms with Crippen molar-refractivity contribution in [3.05, 3.63) is 65.2 Å². The molecule has 0 aliphatic carbocycles. The zero-order valence-corrected chi connectivity index (χ0v) is 12.1. The summed E-state index contributed by atoms with van der Waals surface area (Å²) in [6, 6.07) is 10.6. The molecule has 0 fully saturated rings. The summed E-state index contributed by atoms with van der Waals surface area (Å²) < 4.78 is 0. The maximum atomic E-state index is 11.9. The lowest BCUT2D eigenvalue weighted by atomic mass is 10.1. The van der Waals surface area contributed by atoms with E-state index in [1.54, 1.807) is 24.3 Å². The standard InChI is InChI=1S/C17H15NO5/c19-10-12-9-11(5-7-15(12)20)6-8-16(21)18-14-4-2-1-3-13(14)17(22)23/h1-9,19-20H,10H2,(H,18,21)(H,22,23). The predicted molar refractivity (Wildman–Crippen MR) is 85.1 cm³/mol. The Labute approximate surface area is 132 Å². The van der Waals surface area contributed by atoms with Gasteiger partial charge in [-0.1, -0.05) is 18.2 Å². The third kappa shape index (κ3) is 4.18. The number of amides is 1. The molecule has 23 heavy (non-hydrogen) atoms. The van der Waals surface area contributed by atoms with E-state index in [0.717, 1.165) is 0 Å². The molecule has 0 radical (unpaired) electrons. The van der Waals surface area contributed by atoms with Gasteiger partial charge in [-0.3, -0.25) is 4.79 Å². The topological polar surface area (TPSA) is 107 Å². The van der Waals surface area contributed by atoms with Crippen LogP contribution in [0.3, 0.4) is 0 Å². The van der Waals surface area contributed by atoms with Crippen molar-refractivity contribution >= 4 is 23.6 Å². The first-order valence-corrected chi connectivity index (χ1v) is 6.75. The van der Waals surface area contributed by atoms with E-state index >= 15 is 0 Å². The number of rotatable bonds is 5. The summed E-state index contributed by atoms with van der Waals surface area (Å²) in [6.45, 7) is -0.314. The maximum absolute atomic E-state index is 11.9. The number of nitrogens with one attached hydrogen (secondary N) is 1. The molecule has 2 aromatic rings. The van der Waals surface area contributed by atoms with Crippen molar-refractivity contribution in [2.75, 3.05) is 5.32 Å². The molecule has 0 unspecified atom stereocenters. The number of anilines is 1. The van der Waals surface area contributed by atoms with Crippen LogP contribution in [0.25, 0.3) is 6.08 Å². The second-order valence-corrected chi connectivity index (χ2v) is 4.72. The van der Waals surface area contributed by atoms with Crippen molar-refractivity contribution < 1.29 is 24.9 Å². The van der Waals surface area contributed by atoms with Crippen LogP contribution < -0.4 is 5.32 Å². The van der Waals surface area contributed by atoms with E-state index in [1.165, 1.54) is 30.4 Å². The average molecular weight is 313 g/mol. The van der Waals surface area contributed by atoms with Crippen LogP contribution in [-0.4, -0.2) is 27.2 Å². The van der Waals surface area contributed by atoms with Crippen molar-refractivity contribution in [2.45, 2.75) is 6.61 Å². The van der Waals surface area contributed by atoms with Crippen LogP contribution in [0.4, 0.5) is 5.69 Å². The van der Waals surface area contributed by atoms with E-state index in [1.807, 2.05) is 0 Å². The lowest BCUT2D eigenvalue weighted by molar-refractivity contribution is -0.111. The Bertz CT molecular complexity index is 767. The van der Waals surface area contributed by atoms with Crippen LogP contribution in [0.15, 0.2) is 48.5 Å². The fourth-order valence-corrected chi connectivity index (χ4v) is 1.96. The van der Waals surface area contributed by atoms with E-state index < -0.39 is 11.9 Å². The molecule has 0 saturated heterocycles. The number of phenols is 1. The summed E-state index contributed by atoms with van der Waals surface area (Å²) >= 11 is 0. The van der Waals surface area contributed by atoms with Gasteiger partial charge in [-0.25, -0.2) is 4.79 Å². The summed E-state index contributed by atoms with van der Waals surface area (Å²) in [5, 5.41) is 30.1. The molecule has 0 aliphatic heterocycles. The highest BCUT2D eigenvalue weighted by molar-refractivity contribution is 6.06. The Morgan fingerprint density at radius 1 is 1.13 bits per heavy atom. The van der Waals surface area contributed by atoms with Crippen molar-refractivity contribution in [2.24, 2.45) is 0 Å². The molecule has 118 valence electrons. The lowest BCUT2D eigenvalue weighted by Gasteiger charge is -2.06. The van der Waals surface area contributed by atoms with Gasteiger partial charge in [0.15, 0.2) is 0 Å². The molecular weight excluding hydrogens is 298 g/mol. The van der Waals surface area contributed by atoms with Crippen LogP contribution in [0.5, 0.6) is 5.75 Å². The molecular formula is C17H15NO5. The van der Waals surface area contributed by atoms with E-state index in [0.29, 0.717) is 11.1 Å². The zero-order chi connectivity index (χ0) is 16.8. The van der Waals surface area contributed by atoms with Gasteiger partial charge in [-0.15, -0.1) is 0 Å². The molecule has 0 atom stereocenters. The highest BCUT2D eigenvalue weighted by Gasteiger charge is 2.10.